The Balaban J connectivity index is 2.59. The molecule has 116 valence electrons. The lowest BCUT2D eigenvalue weighted by molar-refractivity contribution is -0.139. The number of aliphatic carboxylic acids is 1. The van der Waals surface area contributed by atoms with E-state index in [1.807, 2.05) is 0 Å². The highest BCUT2D eigenvalue weighted by Crippen LogP contribution is 2.29. The van der Waals surface area contributed by atoms with E-state index in [1.54, 1.807) is 26.0 Å². The highest BCUT2D eigenvalue weighted by atomic mass is 16.5. The SMILES string of the molecule is CC(=O)Cc1c(C)c2ccc(OCC(=O)O)c(C)c2oc1=O. The zero-order valence-electron chi connectivity index (χ0n) is 12.6. The molecule has 2 rings (SSSR count). The van der Waals surface area contributed by atoms with Gasteiger partial charge in [0.15, 0.2) is 6.61 Å². The molecule has 22 heavy (non-hydrogen) atoms. The minimum atomic E-state index is -1.09. The Kier molecular flexibility index (Phi) is 4.30. The van der Waals surface area contributed by atoms with E-state index in [-0.39, 0.29) is 12.2 Å². The van der Waals surface area contributed by atoms with E-state index in [0.717, 1.165) is 0 Å². The number of hydrogen-bond acceptors (Lipinski definition) is 5. The van der Waals surface area contributed by atoms with Crippen molar-refractivity contribution in [3.63, 3.8) is 0 Å². The predicted molar refractivity (Wildman–Crippen MR) is 79.5 cm³/mol. The van der Waals surface area contributed by atoms with Gasteiger partial charge in [0, 0.05) is 22.9 Å². The number of benzene rings is 1. The molecule has 2 aromatic rings. The first-order valence-electron chi connectivity index (χ1n) is 6.71. The maximum Gasteiger partial charge on any atom is 0.341 e. The van der Waals surface area contributed by atoms with Crippen LogP contribution in [0.2, 0.25) is 0 Å². The zero-order chi connectivity index (χ0) is 16.4. The molecule has 0 unspecified atom stereocenters. The number of fused-ring (bicyclic) bond motifs is 1. The van der Waals surface area contributed by atoms with Crippen molar-refractivity contribution < 1.29 is 23.8 Å². The second-order valence-corrected chi connectivity index (χ2v) is 5.12. The standard InChI is InChI=1S/C16H16O6/c1-8(17)6-12-9(2)11-4-5-13(21-7-14(18)19)10(3)15(11)22-16(12)20/h4-5H,6-7H2,1-3H3,(H,18,19). The summed E-state index contributed by atoms with van der Waals surface area (Å²) in [6.45, 7) is 4.39. The number of carboxylic acid groups (broad SMARTS) is 1. The largest absolute Gasteiger partial charge is 0.481 e. The van der Waals surface area contributed by atoms with Crippen LogP contribution in [-0.4, -0.2) is 23.5 Å². The molecule has 0 spiro atoms. The summed E-state index contributed by atoms with van der Waals surface area (Å²) < 4.78 is 10.5. The Bertz CT molecular complexity index is 815. The maximum absolute atomic E-state index is 12.1. The summed E-state index contributed by atoms with van der Waals surface area (Å²) in [5, 5.41) is 9.36. The van der Waals surface area contributed by atoms with Gasteiger partial charge in [0.25, 0.3) is 0 Å². The molecule has 0 fully saturated rings. The lowest BCUT2D eigenvalue weighted by Crippen LogP contribution is -2.14. The van der Waals surface area contributed by atoms with Gasteiger partial charge in [-0.25, -0.2) is 9.59 Å². The molecular weight excluding hydrogens is 288 g/mol. The molecule has 0 saturated heterocycles. The first-order chi connectivity index (χ1) is 10.3. The summed E-state index contributed by atoms with van der Waals surface area (Å²) in [6, 6.07) is 3.33. The Morgan fingerprint density at radius 3 is 2.50 bits per heavy atom. The third-order valence-corrected chi connectivity index (χ3v) is 3.43. The zero-order valence-corrected chi connectivity index (χ0v) is 12.6. The van der Waals surface area contributed by atoms with Gasteiger partial charge in [-0.3, -0.25) is 4.79 Å². The lowest BCUT2D eigenvalue weighted by atomic mass is 10.0. The van der Waals surface area contributed by atoms with Crippen LogP contribution in [0.5, 0.6) is 5.75 Å². The van der Waals surface area contributed by atoms with Gasteiger partial charge in [-0.2, -0.15) is 0 Å². The summed E-state index contributed by atoms with van der Waals surface area (Å²) in [4.78, 5) is 33.9. The van der Waals surface area contributed by atoms with E-state index in [4.69, 9.17) is 14.3 Å². The molecular formula is C16H16O6. The summed E-state index contributed by atoms with van der Waals surface area (Å²) in [6.07, 6.45) is 0.0282. The number of carbonyl (C=O) groups excluding carboxylic acids is 1. The Morgan fingerprint density at radius 2 is 1.91 bits per heavy atom. The molecule has 0 aliphatic rings. The van der Waals surface area contributed by atoms with E-state index >= 15 is 0 Å². The van der Waals surface area contributed by atoms with Crippen LogP contribution in [0.4, 0.5) is 0 Å². The van der Waals surface area contributed by atoms with Gasteiger partial charge in [-0.15, -0.1) is 0 Å². The second-order valence-electron chi connectivity index (χ2n) is 5.12. The first kappa shape index (κ1) is 15.8. The Labute approximate surface area is 126 Å². The van der Waals surface area contributed by atoms with Gasteiger partial charge in [0.2, 0.25) is 0 Å². The van der Waals surface area contributed by atoms with Gasteiger partial charge >= 0.3 is 11.6 Å². The average molecular weight is 304 g/mol. The van der Waals surface area contributed by atoms with Crippen LogP contribution in [0.1, 0.15) is 23.6 Å². The smallest absolute Gasteiger partial charge is 0.341 e. The fourth-order valence-electron chi connectivity index (χ4n) is 2.32. The van der Waals surface area contributed by atoms with Gasteiger partial charge < -0.3 is 14.3 Å². The van der Waals surface area contributed by atoms with E-state index in [2.05, 4.69) is 0 Å². The molecule has 0 aliphatic heterocycles. The Morgan fingerprint density at radius 1 is 1.23 bits per heavy atom. The van der Waals surface area contributed by atoms with Crippen LogP contribution in [0.3, 0.4) is 0 Å². The maximum atomic E-state index is 12.1. The Hall–Kier alpha value is -2.63. The fraction of sp³-hybridized carbons (Fsp3) is 0.312. The van der Waals surface area contributed by atoms with Gasteiger partial charge in [0.05, 0.1) is 0 Å². The molecule has 1 heterocycles. The average Bonchev–Trinajstić information content (AvgIpc) is 2.43. The summed E-state index contributed by atoms with van der Waals surface area (Å²) in [5.41, 5.74) is 1.37. The molecule has 0 aliphatic carbocycles. The van der Waals surface area contributed by atoms with Crippen molar-refractivity contribution in [2.75, 3.05) is 6.61 Å². The molecule has 1 aromatic heterocycles. The molecule has 6 heteroatoms. The van der Waals surface area contributed by atoms with Crippen molar-refractivity contribution in [2.24, 2.45) is 0 Å². The number of Topliss-reactive ketones (excluding diaryl/α,β-unsaturated/α-hetero) is 1. The molecule has 0 bridgehead atoms. The fourth-order valence-corrected chi connectivity index (χ4v) is 2.32. The van der Waals surface area contributed by atoms with E-state index in [1.165, 1.54) is 6.92 Å². The lowest BCUT2D eigenvalue weighted by Gasteiger charge is -2.12. The van der Waals surface area contributed by atoms with Crippen LogP contribution in [0.15, 0.2) is 21.3 Å². The minimum absolute atomic E-state index is 0.0282. The van der Waals surface area contributed by atoms with Crippen LogP contribution >= 0.6 is 0 Å². The van der Waals surface area contributed by atoms with E-state index < -0.39 is 18.2 Å². The monoisotopic (exact) mass is 304 g/mol. The molecule has 6 nitrogen and oxygen atoms in total. The van der Waals surface area contributed by atoms with Crippen molar-refractivity contribution in [1.82, 2.24) is 0 Å². The van der Waals surface area contributed by atoms with E-state index in [0.29, 0.717) is 33.4 Å². The molecule has 0 radical (unpaired) electrons. The highest BCUT2D eigenvalue weighted by Gasteiger charge is 2.16. The van der Waals surface area contributed by atoms with Crippen molar-refractivity contribution >= 4 is 22.7 Å². The number of carboxylic acids is 1. The van der Waals surface area contributed by atoms with E-state index in [9.17, 15) is 14.4 Å². The topological polar surface area (TPSA) is 93.8 Å². The molecule has 0 saturated carbocycles. The summed E-state index contributed by atoms with van der Waals surface area (Å²) >= 11 is 0. The van der Waals surface area contributed by atoms with Gasteiger partial charge in [-0.1, -0.05) is 0 Å². The first-order valence-corrected chi connectivity index (χ1v) is 6.71. The van der Waals surface area contributed by atoms with Crippen molar-refractivity contribution in [2.45, 2.75) is 27.2 Å². The van der Waals surface area contributed by atoms with Crippen LogP contribution in [0.25, 0.3) is 11.0 Å². The normalized spacial score (nSPS) is 10.7. The number of ether oxygens (including phenoxy) is 1. The summed E-state index contributed by atoms with van der Waals surface area (Å²) in [7, 11) is 0. The third kappa shape index (κ3) is 3.00. The number of hydrogen-bond donors (Lipinski definition) is 1. The second kappa shape index (κ2) is 6.01. The number of rotatable bonds is 5. The minimum Gasteiger partial charge on any atom is -0.481 e. The van der Waals surface area contributed by atoms with Crippen LogP contribution < -0.4 is 10.4 Å². The van der Waals surface area contributed by atoms with Crippen molar-refractivity contribution in [3.05, 3.63) is 39.2 Å². The molecule has 0 atom stereocenters. The molecule has 1 N–H and O–H groups in total. The van der Waals surface area contributed by atoms with Crippen LogP contribution in [0, 0.1) is 13.8 Å². The third-order valence-electron chi connectivity index (χ3n) is 3.43. The quantitative estimate of drug-likeness (QED) is 0.849. The van der Waals surface area contributed by atoms with Crippen molar-refractivity contribution in [1.29, 1.82) is 0 Å². The van der Waals surface area contributed by atoms with Gasteiger partial charge in [0.1, 0.15) is 17.1 Å². The van der Waals surface area contributed by atoms with Crippen molar-refractivity contribution in [3.8, 4) is 5.75 Å². The van der Waals surface area contributed by atoms with Gasteiger partial charge in [-0.05, 0) is 38.5 Å². The number of ketones is 1. The predicted octanol–water partition coefficient (Wildman–Crippen LogP) is 2.00. The highest BCUT2D eigenvalue weighted by molar-refractivity contribution is 5.87. The summed E-state index contributed by atoms with van der Waals surface area (Å²) in [5.74, 6) is -0.862. The molecule has 0 amide bonds. The van der Waals surface area contributed by atoms with Crippen LogP contribution in [-0.2, 0) is 16.0 Å². The number of carbonyl (C=O) groups is 2. The molecule has 1 aromatic carbocycles. The number of aryl methyl sites for hydroxylation is 2.